The van der Waals surface area contributed by atoms with Crippen LogP contribution in [-0.4, -0.2) is 80.1 Å². The van der Waals surface area contributed by atoms with Crippen LogP contribution in [0.15, 0.2) is 30.6 Å². The number of rotatable bonds is 11. The zero-order chi connectivity index (χ0) is 25.2. The molecule has 0 atom stereocenters. The van der Waals surface area contributed by atoms with E-state index in [4.69, 9.17) is 24.0 Å². The largest absolute Gasteiger partial charge is 0.485 e. The highest BCUT2D eigenvalue weighted by Crippen LogP contribution is 2.41. The lowest BCUT2D eigenvalue weighted by Gasteiger charge is -2.27. The SMILES string of the molecule is COCC1(Oc2ccc3nn(COCC[Si](C)(C)C)c(-c4cc(N5CCOCC5)ncn4)c3c2)CC1. The van der Waals surface area contributed by atoms with Gasteiger partial charge in [0.2, 0.25) is 0 Å². The van der Waals surface area contributed by atoms with Gasteiger partial charge in [-0.2, -0.15) is 5.10 Å². The van der Waals surface area contributed by atoms with Crippen LogP contribution < -0.4 is 9.64 Å². The van der Waals surface area contributed by atoms with Crippen molar-refractivity contribution in [2.24, 2.45) is 0 Å². The third kappa shape index (κ3) is 5.88. The number of benzene rings is 1. The van der Waals surface area contributed by atoms with Crippen molar-refractivity contribution in [3.8, 4) is 17.1 Å². The summed E-state index contributed by atoms with van der Waals surface area (Å²) in [5.74, 6) is 1.72. The number of ether oxygens (including phenoxy) is 4. The van der Waals surface area contributed by atoms with Crippen molar-refractivity contribution in [1.82, 2.24) is 19.7 Å². The van der Waals surface area contributed by atoms with E-state index in [1.165, 1.54) is 0 Å². The van der Waals surface area contributed by atoms with Gasteiger partial charge >= 0.3 is 0 Å². The van der Waals surface area contributed by atoms with E-state index >= 15 is 0 Å². The summed E-state index contributed by atoms with van der Waals surface area (Å²) >= 11 is 0. The average molecular weight is 512 g/mol. The Morgan fingerprint density at radius 3 is 2.61 bits per heavy atom. The van der Waals surface area contributed by atoms with Gasteiger partial charge in [0.05, 0.1) is 36.7 Å². The van der Waals surface area contributed by atoms with Gasteiger partial charge in [0, 0.05) is 46.3 Å². The molecule has 1 aliphatic carbocycles. The minimum absolute atomic E-state index is 0.211. The molecule has 194 valence electrons. The van der Waals surface area contributed by atoms with E-state index in [9.17, 15) is 0 Å². The van der Waals surface area contributed by atoms with Crippen LogP contribution in [0.2, 0.25) is 25.7 Å². The predicted molar refractivity (Wildman–Crippen MR) is 142 cm³/mol. The molecule has 3 aromatic rings. The second kappa shape index (κ2) is 10.4. The summed E-state index contributed by atoms with van der Waals surface area (Å²) in [5.41, 5.74) is 2.40. The molecule has 0 bridgehead atoms. The fourth-order valence-electron chi connectivity index (χ4n) is 4.44. The quantitative estimate of drug-likeness (QED) is 0.280. The van der Waals surface area contributed by atoms with Crippen molar-refractivity contribution in [2.45, 2.75) is 50.9 Å². The third-order valence-electron chi connectivity index (χ3n) is 6.70. The number of fused-ring (bicyclic) bond motifs is 1. The summed E-state index contributed by atoms with van der Waals surface area (Å²) in [6.07, 6.45) is 3.64. The lowest BCUT2D eigenvalue weighted by molar-refractivity contribution is 0.0640. The number of anilines is 1. The maximum atomic E-state index is 6.37. The molecule has 0 N–H and O–H groups in total. The Morgan fingerprint density at radius 1 is 1.08 bits per heavy atom. The van der Waals surface area contributed by atoms with E-state index in [0.29, 0.717) is 26.6 Å². The molecule has 1 aliphatic heterocycles. The van der Waals surface area contributed by atoms with E-state index in [2.05, 4.69) is 40.6 Å². The molecule has 0 amide bonds. The number of methoxy groups -OCH3 is 1. The van der Waals surface area contributed by atoms with Gasteiger partial charge in [0.15, 0.2) is 0 Å². The van der Waals surface area contributed by atoms with Crippen LogP contribution in [0.5, 0.6) is 5.75 Å². The van der Waals surface area contributed by atoms with Crippen LogP contribution in [0.1, 0.15) is 12.8 Å². The van der Waals surface area contributed by atoms with Gasteiger partial charge in [-0.05, 0) is 37.1 Å². The van der Waals surface area contributed by atoms with Crippen LogP contribution in [-0.2, 0) is 20.9 Å². The molecule has 3 heterocycles. The summed E-state index contributed by atoms with van der Waals surface area (Å²) in [6, 6.07) is 9.23. The average Bonchev–Trinajstić information content (AvgIpc) is 3.52. The Labute approximate surface area is 213 Å². The molecule has 1 saturated carbocycles. The first kappa shape index (κ1) is 25.1. The molecular weight excluding hydrogens is 474 g/mol. The Kier molecular flexibility index (Phi) is 7.29. The second-order valence-electron chi connectivity index (χ2n) is 11.0. The van der Waals surface area contributed by atoms with Crippen molar-refractivity contribution < 1.29 is 18.9 Å². The normalized spacial score (nSPS) is 17.5. The summed E-state index contributed by atoms with van der Waals surface area (Å²) in [6.45, 7) is 11.8. The van der Waals surface area contributed by atoms with Crippen LogP contribution in [0.25, 0.3) is 22.3 Å². The lowest BCUT2D eigenvalue weighted by atomic mass is 10.1. The zero-order valence-electron chi connectivity index (χ0n) is 21.8. The summed E-state index contributed by atoms with van der Waals surface area (Å²) < 4.78 is 25.3. The first-order chi connectivity index (χ1) is 17.4. The fraction of sp³-hybridized carbons (Fsp3) is 0.577. The Morgan fingerprint density at radius 2 is 1.89 bits per heavy atom. The molecule has 1 saturated heterocycles. The Balaban J connectivity index is 1.48. The van der Waals surface area contributed by atoms with Crippen molar-refractivity contribution in [3.05, 3.63) is 30.6 Å². The lowest BCUT2D eigenvalue weighted by Crippen LogP contribution is -2.36. The Hall–Kier alpha value is -2.53. The van der Waals surface area contributed by atoms with Crippen molar-refractivity contribution >= 4 is 24.8 Å². The van der Waals surface area contributed by atoms with E-state index in [1.807, 2.05) is 22.9 Å². The smallest absolute Gasteiger partial charge is 0.140 e. The molecule has 5 rings (SSSR count). The maximum Gasteiger partial charge on any atom is 0.140 e. The monoisotopic (exact) mass is 511 g/mol. The summed E-state index contributed by atoms with van der Waals surface area (Å²) in [4.78, 5) is 11.4. The number of hydrogen-bond donors (Lipinski definition) is 0. The van der Waals surface area contributed by atoms with Crippen molar-refractivity contribution in [2.75, 3.05) is 51.5 Å². The first-order valence-electron chi connectivity index (χ1n) is 12.8. The molecule has 2 aliphatic rings. The predicted octanol–water partition coefficient (Wildman–Crippen LogP) is 4.20. The standard InChI is InChI=1S/C26H37N5O4Si/c1-32-17-26(7-8-26)35-20-5-6-22-21(15-20)25(31(29-22)19-34-13-14-36(2,3)4)23-16-24(28-18-27-23)30-9-11-33-12-10-30/h5-6,15-16,18H,7-14,17,19H2,1-4H3. The minimum Gasteiger partial charge on any atom is -0.485 e. The van der Waals surface area contributed by atoms with Crippen LogP contribution >= 0.6 is 0 Å². The van der Waals surface area contributed by atoms with Gasteiger partial charge in [-0.15, -0.1) is 0 Å². The van der Waals surface area contributed by atoms with E-state index in [1.54, 1.807) is 13.4 Å². The molecular formula is C26H37N5O4Si. The third-order valence-corrected chi connectivity index (χ3v) is 8.40. The molecule has 2 fully saturated rings. The summed E-state index contributed by atoms with van der Waals surface area (Å²) in [7, 11) is 0.540. The molecule has 0 radical (unpaired) electrons. The molecule has 36 heavy (non-hydrogen) atoms. The zero-order valence-corrected chi connectivity index (χ0v) is 22.8. The maximum absolute atomic E-state index is 6.37. The van der Waals surface area contributed by atoms with Gasteiger partial charge in [-0.1, -0.05) is 19.6 Å². The highest BCUT2D eigenvalue weighted by molar-refractivity contribution is 6.76. The van der Waals surface area contributed by atoms with Gasteiger partial charge < -0.3 is 23.8 Å². The molecule has 0 unspecified atom stereocenters. The van der Waals surface area contributed by atoms with Crippen LogP contribution in [0.3, 0.4) is 0 Å². The number of nitrogens with zero attached hydrogens (tertiary/aromatic N) is 5. The highest BCUT2D eigenvalue weighted by Gasteiger charge is 2.45. The topological polar surface area (TPSA) is 83.8 Å². The first-order valence-corrected chi connectivity index (χ1v) is 16.5. The van der Waals surface area contributed by atoms with Gasteiger partial charge in [0.1, 0.15) is 30.2 Å². The second-order valence-corrected chi connectivity index (χ2v) is 16.6. The van der Waals surface area contributed by atoms with Crippen molar-refractivity contribution in [1.29, 1.82) is 0 Å². The van der Waals surface area contributed by atoms with Crippen molar-refractivity contribution in [3.63, 3.8) is 0 Å². The molecule has 1 aromatic carbocycles. The minimum atomic E-state index is -1.18. The van der Waals surface area contributed by atoms with Crippen LogP contribution in [0, 0.1) is 0 Å². The van der Waals surface area contributed by atoms with Gasteiger partial charge in [0.25, 0.3) is 0 Å². The number of morpholine rings is 1. The fourth-order valence-corrected chi connectivity index (χ4v) is 5.19. The molecule has 0 spiro atoms. The van der Waals surface area contributed by atoms with Crippen LogP contribution in [0.4, 0.5) is 5.82 Å². The van der Waals surface area contributed by atoms with Gasteiger partial charge in [-0.3, -0.25) is 0 Å². The van der Waals surface area contributed by atoms with Gasteiger partial charge in [-0.25, -0.2) is 14.6 Å². The highest BCUT2D eigenvalue weighted by atomic mass is 28.3. The molecule has 9 nitrogen and oxygen atoms in total. The summed E-state index contributed by atoms with van der Waals surface area (Å²) in [5, 5.41) is 5.87. The Bertz CT molecular complexity index is 1180. The van der Waals surface area contributed by atoms with E-state index < -0.39 is 8.07 Å². The molecule has 2 aromatic heterocycles. The molecule has 10 heteroatoms. The van der Waals surface area contributed by atoms with E-state index in [0.717, 1.165) is 72.4 Å². The number of aromatic nitrogens is 4. The van der Waals surface area contributed by atoms with E-state index in [-0.39, 0.29) is 5.60 Å². The number of hydrogen-bond acceptors (Lipinski definition) is 8.